The van der Waals surface area contributed by atoms with E-state index in [2.05, 4.69) is 5.32 Å². The number of carbonyl (C=O) groups excluding carboxylic acids is 3. The van der Waals surface area contributed by atoms with Crippen LogP contribution in [0.4, 0.5) is 4.79 Å². The number of rotatable bonds is 8. The van der Waals surface area contributed by atoms with E-state index >= 15 is 0 Å². The normalized spacial score (nSPS) is 17.2. The van der Waals surface area contributed by atoms with Crippen LogP contribution in [0.15, 0.2) is 30.3 Å². The first kappa shape index (κ1) is 19.9. The molecule has 6 heteroatoms. The van der Waals surface area contributed by atoms with Gasteiger partial charge in [0.25, 0.3) is 5.91 Å². The van der Waals surface area contributed by atoms with Gasteiger partial charge in [0, 0.05) is 7.05 Å². The second-order valence-electron chi connectivity index (χ2n) is 6.99. The second kappa shape index (κ2) is 8.34. The lowest BCUT2D eigenvalue weighted by Gasteiger charge is -2.28. The number of benzene rings is 1. The van der Waals surface area contributed by atoms with Crippen LogP contribution in [0.5, 0.6) is 0 Å². The summed E-state index contributed by atoms with van der Waals surface area (Å²) in [5.41, 5.74) is 0.150. The number of nitrogens with zero attached hydrogens (tertiary/aromatic N) is 2. The molecule has 6 nitrogen and oxygen atoms in total. The molecular weight excluding hydrogens is 330 g/mol. The van der Waals surface area contributed by atoms with E-state index in [1.807, 2.05) is 51.1 Å². The molecule has 1 fully saturated rings. The highest BCUT2D eigenvalue weighted by atomic mass is 16.2. The van der Waals surface area contributed by atoms with Crippen molar-refractivity contribution in [3.8, 4) is 0 Å². The molecule has 0 spiro atoms. The van der Waals surface area contributed by atoms with Gasteiger partial charge in [0.15, 0.2) is 0 Å². The van der Waals surface area contributed by atoms with Crippen LogP contribution in [0.2, 0.25) is 0 Å². The topological polar surface area (TPSA) is 69.7 Å². The maximum atomic E-state index is 12.9. The molecule has 0 aromatic heterocycles. The molecular formula is C20H29N3O3. The molecule has 26 heavy (non-hydrogen) atoms. The molecule has 0 bridgehead atoms. The van der Waals surface area contributed by atoms with Gasteiger partial charge < -0.3 is 10.2 Å². The monoisotopic (exact) mass is 359 g/mol. The highest BCUT2D eigenvalue weighted by Crippen LogP contribution is 2.28. The van der Waals surface area contributed by atoms with Gasteiger partial charge in [-0.3, -0.25) is 14.5 Å². The predicted molar refractivity (Wildman–Crippen MR) is 100 cm³/mol. The molecule has 0 unspecified atom stereocenters. The Morgan fingerprint density at radius 1 is 1.15 bits per heavy atom. The molecule has 0 saturated carbocycles. The Morgan fingerprint density at radius 3 is 2.27 bits per heavy atom. The molecule has 0 radical (unpaired) electrons. The number of imide groups is 1. The number of hydrogen-bond acceptors (Lipinski definition) is 3. The highest BCUT2D eigenvalue weighted by molar-refractivity contribution is 6.09. The summed E-state index contributed by atoms with van der Waals surface area (Å²) in [5.74, 6) is -0.533. The van der Waals surface area contributed by atoms with Crippen molar-refractivity contribution in [3.05, 3.63) is 35.9 Å². The number of likely N-dealkylation sites (N-methyl/N-ethyl adjacent to an activating group) is 1. The second-order valence-corrected chi connectivity index (χ2v) is 6.99. The van der Waals surface area contributed by atoms with E-state index in [9.17, 15) is 14.4 Å². The number of hydrogen-bond donors (Lipinski definition) is 1. The fourth-order valence-corrected chi connectivity index (χ4v) is 3.56. The molecule has 1 heterocycles. The molecule has 1 aromatic rings. The number of urea groups is 1. The van der Waals surface area contributed by atoms with Crippen molar-refractivity contribution in [1.29, 1.82) is 0 Å². The van der Waals surface area contributed by atoms with Crippen molar-refractivity contribution in [3.63, 3.8) is 0 Å². The zero-order chi connectivity index (χ0) is 19.3. The smallest absolute Gasteiger partial charge is 0.325 e. The van der Waals surface area contributed by atoms with Crippen LogP contribution in [0.25, 0.3) is 0 Å². The molecule has 1 atom stereocenters. The minimum atomic E-state index is -0.857. The Balaban J connectivity index is 2.10. The lowest BCUT2D eigenvalue weighted by atomic mass is 9.88. The van der Waals surface area contributed by atoms with Crippen LogP contribution in [0, 0.1) is 0 Å². The zero-order valence-corrected chi connectivity index (χ0v) is 16.1. The third-order valence-electron chi connectivity index (χ3n) is 5.15. The van der Waals surface area contributed by atoms with Gasteiger partial charge in [-0.2, -0.15) is 0 Å². The Kier molecular flexibility index (Phi) is 6.40. The predicted octanol–water partition coefficient (Wildman–Crippen LogP) is 3.10. The Labute approximate surface area is 155 Å². The minimum absolute atomic E-state index is 0.138. The molecule has 1 aromatic carbocycles. The van der Waals surface area contributed by atoms with Gasteiger partial charge in [-0.15, -0.1) is 0 Å². The van der Waals surface area contributed by atoms with Crippen LogP contribution in [-0.2, 0) is 9.59 Å². The number of amides is 4. The first-order valence-electron chi connectivity index (χ1n) is 9.31. The van der Waals surface area contributed by atoms with Gasteiger partial charge in [0.1, 0.15) is 12.1 Å². The summed E-state index contributed by atoms with van der Waals surface area (Å²) in [4.78, 5) is 40.6. The molecule has 1 saturated heterocycles. The number of carbonyl (C=O) groups is 3. The molecule has 1 N–H and O–H groups in total. The van der Waals surface area contributed by atoms with Crippen molar-refractivity contribution in [2.45, 2.75) is 58.0 Å². The SMILES string of the molecule is CCCC1(CCC)NC(=O)N(CC(=O)N(C)[C@@H](C)c2ccccc2)C1=O. The van der Waals surface area contributed by atoms with E-state index in [0.717, 1.165) is 23.3 Å². The summed E-state index contributed by atoms with van der Waals surface area (Å²) in [7, 11) is 1.70. The van der Waals surface area contributed by atoms with Crippen LogP contribution >= 0.6 is 0 Å². The van der Waals surface area contributed by atoms with Crippen molar-refractivity contribution in [2.24, 2.45) is 0 Å². The van der Waals surface area contributed by atoms with Gasteiger partial charge in [-0.1, -0.05) is 57.0 Å². The first-order valence-corrected chi connectivity index (χ1v) is 9.31. The van der Waals surface area contributed by atoms with E-state index in [1.54, 1.807) is 11.9 Å². The van der Waals surface area contributed by atoms with Crippen molar-refractivity contribution < 1.29 is 14.4 Å². The van der Waals surface area contributed by atoms with Gasteiger partial charge in [0.2, 0.25) is 5.91 Å². The van der Waals surface area contributed by atoms with Gasteiger partial charge in [0.05, 0.1) is 6.04 Å². The first-order chi connectivity index (χ1) is 12.4. The zero-order valence-electron chi connectivity index (χ0n) is 16.1. The molecule has 1 aliphatic rings. The third kappa shape index (κ3) is 3.89. The van der Waals surface area contributed by atoms with E-state index in [1.165, 1.54) is 0 Å². The lowest BCUT2D eigenvalue weighted by Crippen LogP contribution is -2.47. The highest BCUT2D eigenvalue weighted by Gasteiger charge is 2.50. The summed E-state index contributed by atoms with van der Waals surface area (Å²) >= 11 is 0. The summed E-state index contributed by atoms with van der Waals surface area (Å²) in [6, 6.07) is 9.07. The third-order valence-corrected chi connectivity index (χ3v) is 5.15. The lowest BCUT2D eigenvalue weighted by molar-refractivity contribution is -0.139. The largest absolute Gasteiger partial charge is 0.337 e. The van der Waals surface area contributed by atoms with E-state index < -0.39 is 11.6 Å². The van der Waals surface area contributed by atoms with Crippen molar-refractivity contribution in [2.75, 3.05) is 13.6 Å². The standard InChI is InChI=1S/C20H29N3O3/c1-5-12-20(13-6-2)18(25)23(19(26)21-20)14-17(24)22(4)15(3)16-10-8-7-9-11-16/h7-11,15H,5-6,12-14H2,1-4H3,(H,21,26)/t15-/m0/s1. The van der Waals surface area contributed by atoms with Gasteiger partial charge in [-0.25, -0.2) is 4.79 Å². The maximum Gasteiger partial charge on any atom is 0.325 e. The van der Waals surface area contributed by atoms with E-state index in [4.69, 9.17) is 0 Å². The average molecular weight is 359 g/mol. The molecule has 1 aliphatic heterocycles. The molecule has 142 valence electrons. The summed E-state index contributed by atoms with van der Waals surface area (Å²) in [6.07, 6.45) is 2.76. The Bertz CT molecular complexity index is 654. The van der Waals surface area contributed by atoms with E-state index in [-0.39, 0.29) is 24.4 Å². The average Bonchev–Trinajstić information content (AvgIpc) is 2.86. The molecule has 4 amide bonds. The fourth-order valence-electron chi connectivity index (χ4n) is 3.56. The van der Waals surface area contributed by atoms with Gasteiger partial charge >= 0.3 is 6.03 Å². The summed E-state index contributed by atoms with van der Waals surface area (Å²) in [6.45, 7) is 5.67. The summed E-state index contributed by atoms with van der Waals surface area (Å²) in [5, 5.41) is 2.84. The molecule has 0 aliphatic carbocycles. The van der Waals surface area contributed by atoms with Crippen LogP contribution in [0.1, 0.15) is 58.1 Å². The maximum absolute atomic E-state index is 12.9. The molecule has 2 rings (SSSR count). The van der Waals surface area contributed by atoms with Crippen LogP contribution < -0.4 is 5.32 Å². The van der Waals surface area contributed by atoms with Crippen molar-refractivity contribution >= 4 is 17.8 Å². The van der Waals surface area contributed by atoms with Crippen LogP contribution in [0.3, 0.4) is 0 Å². The summed E-state index contributed by atoms with van der Waals surface area (Å²) < 4.78 is 0. The number of nitrogens with one attached hydrogen (secondary N) is 1. The van der Waals surface area contributed by atoms with Gasteiger partial charge in [-0.05, 0) is 25.3 Å². The van der Waals surface area contributed by atoms with E-state index in [0.29, 0.717) is 12.8 Å². The Hall–Kier alpha value is -2.37. The van der Waals surface area contributed by atoms with Crippen molar-refractivity contribution in [1.82, 2.24) is 15.1 Å². The quantitative estimate of drug-likeness (QED) is 0.725. The van der Waals surface area contributed by atoms with Crippen LogP contribution in [-0.4, -0.2) is 46.8 Å². The Morgan fingerprint density at radius 2 is 1.73 bits per heavy atom. The minimum Gasteiger partial charge on any atom is -0.337 e. The fraction of sp³-hybridized carbons (Fsp3) is 0.550.